The third kappa shape index (κ3) is 4.97. The predicted molar refractivity (Wildman–Crippen MR) is 162 cm³/mol. The van der Waals surface area contributed by atoms with Crippen LogP contribution in [0.2, 0.25) is 5.02 Å². The summed E-state index contributed by atoms with van der Waals surface area (Å²) in [6.07, 6.45) is 0. The van der Waals surface area contributed by atoms with E-state index < -0.39 is 34.8 Å². The molecule has 0 bridgehead atoms. The number of benzene rings is 3. The Bertz CT molecular complexity index is 1760. The van der Waals surface area contributed by atoms with E-state index in [1.165, 1.54) is 10.6 Å². The van der Waals surface area contributed by atoms with Gasteiger partial charge in [0.2, 0.25) is 17.7 Å². The first-order valence-electron chi connectivity index (χ1n) is 13.1. The molecule has 1 saturated heterocycles. The standard InChI is InChI=1S/C30H24ClN3O6S2/c1-2-40-21-14-16(8-13-20(21)35)23-24-25(28(38)34(27(24)37)19-11-9-17(31)10-12-19)41-29-26(23)42-30(39)33(29)15-22(36)32-18-6-4-3-5-7-18/h3-14,23-25,35H,2,15H2,1H3,(H,32,36). The molecule has 3 heterocycles. The van der Waals surface area contributed by atoms with Crippen LogP contribution in [0.15, 0.2) is 82.6 Å². The second kappa shape index (κ2) is 11.3. The molecule has 9 nitrogen and oxygen atoms in total. The predicted octanol–water partition coefficient (Wildman–Crippen LogP) is 5.10. The molecule has 1 aromatic heterocycles. The minimum absolute atomic E-state index is 0.0671. The van der Waals surface area contributed by atoms with Gasteiger partial charge in [0.15, 0.2) is 11.5 Å². The largest absolute Gasteiger partial charge is 0.504 e. The molecule has 0 spiro atoms. The number of hydrogen-bond acceptors (Lipinski definition) is 8. The fourth-order valence-electron chi connectivity index (χ4n) is 5.32. The second-order valence-electron chi connectivity index (χ2n) is 9.73. The molecular weight excluding hydrogens is 598 g/mol. The van der Waals surface area contributed by atoms with Gasteiger partial charge in [-0.25, -0.2) is 4.90 Å². The van der Waals surface area contributed by atoms with E-state index in [0.29, 0.717) is 38.5 Å². The highest BCUT2D eigenvalue weighted by atomic mass is 35.5. The number of phenols is 1. The van der Waals surface area contributed by atoms with Gasteiger partial charge in [0.1, 0.15) is 11.8 Å². The van der Waals surface area contributed by atoms with Crippen LogP contribution in [0.5, 0.6) is 11.5 Å². The van der Waals surface area contributed by atoms with Crippen LogP contribution < -0.4 is 19.8 Å². The fourth-order valence-corrected chi connectivity index (χ4v) is 8.22. The number of phenolic OH excluding ortho intramolecular Hbond substituents is 1. The van der Waals surface area contributed by atoms with Gasteiger partial charge in [-0.1, -0.05) is 59.0 Å². The third-order valence-corrected chi connectivity index (χ3v) is 9.99. The number of nitrogens with one attached hydrogen (secondary N) is 1. The SMILES string of the molecule is CCOc1cc(C2c3sc(=O)n(CC(=O)Nc4ccccc4)c3SC3C(=O)N(c4ccc(Cl)cc4)C(=O)C32)ccc1O. The zero-order chi connectivity index (χ0) is 29.5. The zero-order valence-electron chi connectivity index (χ0n) is 22.2. The van der Waals surface area contributed by atoms with Crippen LogP contribution in [0.4, 0.5) is 11.4 Å². The van der Waals surface area contributed by atoms with Crippen LogP contribution in [0.1, 0.15) is 23.3 Å². The first-order chi connectivity index (χ1) is 20.3. The Balaban J connectivity index is 1.44. The molecule has 12 heteroatoms. The lowest BCUT2D eigenvalue weighted by atomic mass is 9.83. The second-order valence-corrected chi connectivity index (χ2v) is 12.3. The number of thioether (sulfide) groups is 1. The van der Waals surface area contributed by atoms with Crippen molar-refractivity contribution >= 4 is 63.8 Å². The Morgan fingerprint density at radius 2 is 1.76 bits per heavy atom. The van der Waals surface area contributed by atoms with Crippen LogP contribution in [-0.4, -0.2) is 39.3 Å². The first-order valence-corrected chi connectivity index (χ1v) is 15.2. The van der Waals surface area contributed by atoms with Gasteiger partial charge in [-0.3, -0.25) is 23.7 Å². The molecule has 0 saturated carbocycles. The summed E-state index contributed by atoms with van der Waals surface area (Å²) in [6.45, 7) is 1.82. The molecule has 3 atom stereocenters. The van der Waals surface area contributed by atoms with Crippen molar-refractivity contribution in [1.82, 2.24) is 4.57 Å². The lowest BCUT2D eigenvalue weighted by Crippen LogP contribution is -2.33. The van der Waals surface area contributed by atoms with Gasteiger partial charge in [0.05, 0.1) is 23.2 Å². The number of ether oxygens (including phenoxy) is 1. The summed E-state index contributed by atoms with van der Waals surface area (Å²) in [5.41, 5.74) is 1.59. The molecule has 2 aliphatic heterocycles. The van der Waals surface area contributed by atoms with Gasteiger partial charge in [0.25, 0.3) is 0 Å². The summed E-state index contributed by atoms with van der Waals surface area (Å²) in [6, 6.07) is 20.1. The Morgan fingerprint density at radius 1 is 1.02 bits per heavy atom. The topological polar surface area (TPSA) is 118 Å². The summed E-state index contributed by atoms with van der Waals surface area (Å²) in [4.78, 5) is 55.5. The molecule has 42 heavy (non-hydrogen) atoms. The van der Waals surface area contributed by atoms with Crippen molar-refractivity contribution in [3.63, 3.8) is 0 Å². The van der Waals surface area contributed by atoms with Crippen molar-refractivity contribution < 1.29 is 24.2 Å². The zero-order valence-corrected chi connectivity index (χ0v) is 24.5. The minimum Gasteiger partial charge on any atom is -0.504 e. The summed E-state index contributed by atoms with van der Waals surface area (Å²) in [5.74, 6) is -2.60. The molecular formula is C30H24ClN3O6S2. The number of carbonyl (C=O) groups excluding carboxylic acids is 3. The van der Waals surface area contributed by atoms with E-state index in [1.54, 1.807) is 67.6 Å². The van der Waals surface area contributed by atoms with Crippen molar-refractivity contribution in [1.29, 1.82) is 0 Å². The van der Waals surface area contributed by atoms with E-state index in [9.17, 15) is 24.3 Å². The Kier molecular flexibility index (Phi) is 7.56. The molecule has 6 rings (SSSR count). The van der Waals surface area contributed by atoms with Crippen molar-refractivity contribution in [2.45, 2.75) is 29.7 Å². The number of thiazole rings is 1. The average Bonchev–Trinajstić information content (AvgIpc) is 3.41. The van der Waals surface area contributed by atoms with Crippen LogP contribution >= 0.6 is 34.7 Å². The molecule has 2 aliphatic rings. The Morgan fingerprint density at radius 3 is 2.48 bits per heavy atom. The number of para-hydroxylation sites is 1. The molecule has 0 radical (unpaired) electrons. The maximum atomic E-state index is 14.0. The highest BCUT2D eigenvalue weighted by Gasteiger charge is 2.57. The van der Waals surface area contributed by atoms with E-state index >= 15 is 0 Å². The lowest BCUT2D eigenvalue weighted by molar-refractivity contribution is -0.122. The van der Waals surface area contributed by atoms with Crippen LogP contribution in [-0.2, 0) is 20.9 Å². The van der Waals surface area contributed by atoms with E-state index in [1.807, 2.05) is 6.07 Å². The summed E-state index contributed by atoms with van der Waals surface area (Å²) in [5, 5.41) is 13.2. The summed E-state index contributed by atoms with van der Waals surface area (Å²) >= 11 is 8.13. The maximum Gasteiger partial charge on any atom is 0.308 e. The van der Waals surface area contributed by atoms with E-state index in [4.69, 9.17) is 16.3 Å². The quantitative estimate of drug-likeness (QED) is 0.276. The lowest BCUT2D eigenvalue weighted by Gasteiger charge is -2.31. The van der Waals surface area contributed by atoms with Crippen molar-refractivity contribution in [3.8, 4) is 11.5 Å². The molecule has 2 N–H and O–H groups in total. The Labute approximate surface area is 253 Å². The van der Waals surface area contributed by atoms with Gasteiger partial charge in [-0.05, 0) is 61.0 Å². The van der Waals surface area contributed by atoms with E-state index in [-0.39, 0.29) is 22.9 Å². The number of imide groups is 1. The van der Waals surface area contributed by atoms with Crippen LogP contribution in [0.3, 0.4) is 0 Å². The fraction of sp³-hybridized carbons (Fsp3) is 0.200. The van der Waals surface area contributed by atoms with Gasteiger partial charge in [-0.15, -0.1) is 0 Å². The Hall–Kier alpha value is -4.06. The summed E-state index contributed by atoms with van der Waals surface area (Å²) < 4.78 is 6.97. The molecule has 214 valence electrons. The number of nitrogens with zero attached hydrogens (tertiary/aromatic N) is 2. The normalized spacial score (nSPS) is 19.4. The van der Waals surface area contributed by atoms with Gasteiger partial charge in [0, 0.05) is 21.5 Å². The number of rotatable bonds is 7. The number of amides is 3. The first kappa shape index (κ1) is 28.1. The van der Waals surface area contributed by atoms with E-state index in [0.717, 1.165) is 28.0 Å². The highest BCUT2D eigenvalue weighted by Crippen LogP contribution is 2.54. The minimum atomic E-state index is -0.854. The third-order valence-electron chi connectivity index (χ3n) is 7.14. The monoisotopic (exact) mass is 621 g/mol. The average molecular weight is 622 g/mol. The van der Waals surface area contributed by atoms with E-state index in [2.05, 4.69) is 5.32 Å². The molecule has 3 aromatic carbocycles. The smallest absolute Gasteiger partial charge is 0.308 e. The molecule has 1 fully saturated rings. The van der Waals surface area contributed by atoms with Crippen molar-refractivity contribution in [2.24, 2.45) is 5.92 Å². The number of aromatic nitrogens is 1. The molecule has 3 unspecified atom stereocenters. The highest BCUT2D eigenvalue weighted by molar-refractivity contribution is 8.00. The maximum absolute atomic E-state index is 14.0. The van der Waals surface area contributed by atoms with Crippen molar-refractivity contribution in [2.75, 3.05) is 16.8 Å². The van der Waals surface area contributed by atoms with Gasteiger partial charge in [-0.2, -0.15) is 0 Å². The number of hydrogen-bond donors (Lipinski definition) is 2. The van der Waals surface area contributed by atoms with Gasteiger partial charge < -0.3 is 15.2 Å². The molecule has 4 aromatic rings. The molecule has 0 aliphatic carbocycles. The molecule has 3 amide bonds. The summed E-state index contributed by atoms with van der Waals surface area (Å²) in [7, 11) is 0. The number of aromatic hydroxyl groups is 1. The number of halogens is 1. The number of fused-ring (bicyclic) bond motifs is 2. The van der Waals surface area contributed by atoms with Crippen molar-refractivity contribution in [3.05, 3.63) is 97.9 Å². The number of anilines is 2. The van der Waals surface area contributed by atoms with Crippen LogP contribution in [0.25, 0.3) is 0 Å². The number of carbonyl (C=O) groups is 3. The van der Waals surface area contributed by atoms with Gasteiger partial charge >= 0.3 is 4.87 Å². The van der Waals surface area contributed by atoms with Crippen LogP contribution in [0, 0.1) is 5.92 Å².